The molecule has 1 N–H and O–H groups in total. The average Bonchev–Trinajstić information content (AvgIpc) is 2.83. The van der Waals surface area contributed by atoms with Crippen molar-refractivity contribution in [2.45, 2.75) is 39.4 Å². The van der Waals surface area contributed by atoms with Gasteiger partial charge in [-0.3, -0.25) is 9.80 Å². The fraction of sp³-hybridized carbons (Fsp3) is 0.625. The van der Waals surface area contributed by atoms with Crippen LogP contribution in [0.3, 0.4) is 0 Å². The van der Waals surface area contributed by atoms with Gasteiger partial charge >= 0.3 is 0 Å². The fourth-order valence-electron chi connectivity index (χ4n) is 2.85. The van der Waals surface area contributed by atoms with Gasteiger partial charge in [-0.25, -0.2) is 0 Å². The predicted molar refractivity (Wildman–Crippen MR) is 84.9 cm³/mol. The van der Waals surface area contributed by atoms with Crippen LogP contribution in [0.2, 0.25) is 0 Å². The highest BCUT2D eigenvalue weighted by atomic mass is 32.1. The Morgan fingerprint density at radius 2 is 2.25 bits per heavy atom. The van der Waals surface area contributed by atoms with E-state index in [1.807, 2.05) is 0 Å². The maximum Gasteiger partial charge on any atom is 0.104 e. The lowest BCUT2D eigenvalue weighted by molar-refractivity contribution is 0.0569. The van der Waals surface area contributed by atoms with E-state index in [4.69, 9.17) is 5.11 Å². The Kier molecular flexibility index (Phi) is 5.62. The predicted octanol–water partition coefficient (Wildman–Crippen LogP) is 2.01. The maximum atomic E-state index is 8.71. The van der Waals surface area contributed by atoms with Gasteiger partial charge < -0.3 is 5.11 Å². The Bertz CT molecular complexity index is 486. The van der Waals surface area contributed by atoms with Gasteiger partial charge in [0.15, 0.2) is 0 Å². The number of nitrogens with zero attached hydrogens (tertiary/aromatic N) is 2. The molecular weight excluding hydrogens is 268 g/mol. The van der Waals surface area contributed by atoms with Gasteiger partial charge in [0.1, 0.15) is 6.61 Å². The van der Waals surface area contributed by atoms with Gasteiger partial charge in [0.25, 0.3) is 0 Å². The molecule has 20 heavy (non-hydrogen) atoms. The van der Waals surface area contributed by atoms with Crippen molar-refractivity contribution in [3.05, 3.63) is 21.9 Å². The van der Waals surface area contributed by atoms with E-state index in [0.29, 0.717) is 12.1 Å². The van der Waals surface area contributed by atoms with Crippen molar-refractivity contribution in [3.8, 4) is 11.8 Å². The first kappa shape index (κ1) is 15.5. The Hall–Kier alpha value is -0.860. The minimum Gasteiger partial charge on any atom is -0.384 e. The number of hydrogen-bond acceptors (Lipinski definition) is 4. The van der Waals surface area contributed by atoms with E-state index in [9.17, 15) is 0 Å². The molecule has 1 saturated heterocycles. The van der Waals surface area contributed by atoms with Crippen LogP contribution in [0.4, 0.5) is 0 Å². The van der Waals surface area contributed by atoms with Crippen LogP contribution in [0.15, 0.2) is 11.4 Å². The van der Waals surface area contributed by atoms with Gasteiger partial charge in [-0.15, -0.1) is 11.3 Å². The Labute approximate surface area is 126 Å². The lowest BCUT2D eigenvalue weighted by atomic mass is 10.1. The van der Waals surface area contributed by atoms with Crippen LogP contribution in [0.25, 0.3) is 0 Å². The summed E-state index contributed by atoms with van der Waals surface area (Å²) in [4.78, 5) is 6.46. The molecule has 0 amide bonds. The van der Waals surface area contributed by atoms with E-state index in [-0.39, 0.29) is 6.61 Å². The SMILES string of the molecule is CC(C)N1CCN(Cc2cc(C#CCO)cs2)CC1C. The van der Waals surface area contributed by atoms with Crippen LogP contribution in [-0.4, -0.2) is 53.2 Å². The highest BCUT2D eigenvalue weighted by Gasteiger charge is 2.25. The summed E-state index contributed by atoms with van der Waals surface area (Å²) in [6.07, 6.45) is 0. The zero-order valence-corrected chi connectivity index (χ0v) is 13.4. The molecule has 2 heterocycles. The summed E-state index contributed by atoms with van der Waals surface area (Å²) in [7, 11) is 0. The molecule has 0 radical (unpaired) electrons. The third-order valence-corrected chi connectivity index (χ3v) is 4.69. The van der Waals surface area contributed by atoms with E-state index < -0.39 is 0 Å². The zero-order chi connectivity index (χ0) is 14.5. The topological polar surface area (TPSA) is 26.7 Å². The lowest BCUT2D eigenvalue weighted by Gasteiger charge is -2.42. The molecule has 0 aliphatic carbocycles. The third-order valence-electron chi connectivity index (χ3n) is 3.77. The van der Waals surface area contributed by atoms with E-state index >= 15 is 0 Å². The molecule has 0 aromatic carbocycles. The summed E-state index contributed by atoms with van der Waals surface area (Å²) in [6, 6.07) is 3.40. The van der Waals surface area contributed by atoms with Crippen molar-refractivity contribution in [2.24, 2.45) is 0 Å². The third kappa shape index (κ3) is 4.07. The maximum absolute atomic E-state index is 8.71. The second-order valence-corrected chi connectivity index (χ2v) is 6.67. The second kappa shape index (κ2) is 7.24. The van der Waals surface area contributed by atoms with Gasteiger partial charge in [0, 0.05) is 54.1 Å². The lowest BCUT2D eigenvalue weighted by Crippen LogP contribution is -2.53. The number of aliphatic hydroxyl groups is 1. The van der Waals surface area contributed by atoms with Crippen molar-refractivity contribution in [3.63, 3.8) is 0 Å². The summed E-state index contributed by atoms with van der Waals surface area (Å²) >= 11 is 1.76. The van der Waals surface area contributed by atoms with E-state index in [0.717, 1.165) is 31.7 Å². The van der Waals surface area contributed by atoms with Crippen LogP contribution >= 0.6 is 11.3 Å². The Morgan fingerprint density at radius 3 is 2.90 bits per heavy atom. The summed E-state index contributed by atoms with van der Waals surface area (Å²) in [5.41, 5.74) is 1.02. The molecule has 0 spiro atoms. The van der Waals surface area contributed by atoms with E-state index in [2.05, 4.69) is 53.9 Å². The van der Waals surface area contributed by atoms with Crippen LogP contribution in [0.1, 0.15) is 31.2 Å². The quantitative estimate of drug-likeness (QED) is 0.863. The van der Waals surface area contributed by atoms with Crippen molar-refractivity contribution in [1.82, 2.24) is 9.80 Å². The van der Waals surface area contributed by atoms with E-state index in [1.54, 1.807) is 11.3 Å². The molecule has 1 unspecified atom stereocenters. The Morgan fingerprint density at radius 1 is 1.45 bits per heavy atom. The molecule has 2 rings (SSSR count). The van der Waals surface area contributed by atoms with Crippen molar-refractivity contribution in [1.29, 1.82) is 0 Å². The first-order valence-electron chi connectivity index (χ1n) is 7.25. The molecule has 1 aromatic heterocycles. The second-order valence-electron chi connectivity index (χ2n) is 5.68. The van der Waals surface area contributed by atoms with Crippen molar-refractivity contribution in [2.75, 3.05) is 26.2 Å². The van der Waals surface area contributed by atoms with Gasteiger partial charge in [-0.05, 0) is 26.8 Å². The minimum absolute atomic E-state index is 0.0696. The van der Waals surface area contributed by atoms with Gasteiger partial charge in [0.05, 0.1) is 0 Å². The smallest absolute Gasteiger partial charge is 0.104 e. The highest BCUT2D eigenvalue weighted by molar-refractivity contribution is 7.10. The molecule has 1 aromatic rings. The molecule has 1 aliphatic rings. The van der Waals surface area contributed by atoms with Crippen LogP contribution in [0.5, 0.6) is 0 Å². The number of thiophene rings is 1. The first-order valence-corrected chi connectivity index (χ1v) is 8.13. The average molecular weight is 292 g/mol. The minimum atomic E-state index is -0.0696. The molecule has 3 nitrogen and oxygen atoms in total. The standard InChI is InChI=1S/C16H24N2OS/c1-13(2)18-7-6-17(10-14(18)3)11-16-9-15(12-20-16)5-4-8-19/h9,12-14,19H,6-8,10-11H2,1-3H3. The van der Waals surface area contributed by atoms with Crippen molar-refractivity contribution < 1.29 is 5.11 Å². The van der Waals surface area contributed by atoms with Gasteiger partial charge in [0.2, 0.25) is 0 Å². The van der Waals surface area contributed by atoms with Crippen LogP contribution in [0, 0.1) is 11.8 Å². The number of hydrogen-bond donors (Lipinski definition) is 1. The summed E-state index contributed by atoms with van der Waals surface area (Å²) in [5, 5.41) is 10.8. The van der Waals surface area contributed by atoms with Crippen LogP contribution in [-0.2, 0) is 6.54 Å². The number of piperazine rings is 1. The molecule has 110 valence electrons. The summed E-state index contributed by atoms with van der Waals surface area (Å²) < 4.78 is 0. The summed E-state index contributed by atoms with van der Waals surface area (Å²) in [6.45, 7) is 11.2. The van der Waals surface area contributed by atoms with E-state index in [1.165, 1.54) is 4.88 Å². The first-order chi connectivity index (χ1) is 9.60. The molecule has 0 saturated carbocycles. The van der Waals surface area contributed by atoms with Crippen LogP contribution < -0.4 is 0 Å². The number of rotatable bonds is 3. The zero-order valence-electron chi connectivity index (χ0n) is 12.6. The highest BCUT2D eigenvalue weighted by Crippen LogP contribution is 2.19. The molecule has 1 fully saturated rings. The Balaban J connectivity index is 1.90. The largest absolute Gasteiger partial charge is 0.384 e. The van der Waals surface area contributed by atoms with Crippen molar-refractivity contribution >= 4 is 11.3 Å². The van der Waals surface area contributed by atoms with Gasteiger partial charge in [-0.2, -0.15) is 0 Å². The monoisotopic (exact) mass is 292 g/mol. The number of aliphatic hydroxyl groups excluding tert-OH is 1. The summed E-state index contributed by atoms with van der Waals surface area (Å²) in [5.74, 6) is 5.67. The molecule has 0 bridgehead atoms. The molecule has 1 atom stereocenters. The van der Waals surface area contributed by atoms with Gasteiger partial charge in [-0.1, -0.05) is 11.8 Å². The molecule has 1 aliphatic heterocycles. The fourth-order valence-corrected chi connectivity index (χ4v) is 3.71. The molecular formula is C16H24N2OS. The normalized spacial score (nSPS) is 20.9. The molecule has 4 heteroatoms.